The SMILES string of the molecule is CCOc1ccc(N2C(=O)[C@H]3C(C(=O)OC)=NN(CCC(C)=O)[C@@H]3C2=O)cc1. The molecule has 1 aromatic rings. The number of hydrogen-bond acceptors (Lipinski definition) is 8. The van der Waals surface area contributed by atoms with Crippen molar-refractivity contribution in [2.24, 2.45) is 11.0 Å². The van der Waals surface area contributed by atoms with Gasteiger partial charge >= 0.3 is 5.97 Å². The van der Waals surface area contributed by atoms with Crippen LogP contribution in [0.25, 0.3) is 0 Å². The number of ether oxygens (including phenoxy) is 2. The first kappa shape index (κ1) is 19.5. The van der Waals surface area contributed by atoms with Crippen LogP contribution >= 0.6 is 0 Å². The summed E-state index contributed by atoms with van der Waals surface area (Å²) in [5.74, 6) is -2.34. The Kier molecular flexibility index (Phi) is 5.43. The van der Waals surface area contributed by atoms with Crippen LogP contribution < -0.4 is 9.64 Å². The van der Waals surface area contributed by atoms with Gasteiger partial charge in [-0.25, -0.2) is 9.69 Å². The molecule has 0 spiro atoms. The summed E-state index contributed by atoms with van der Waals surface area (Å²) in [5.41, 5.74) is 0.256. The van der Waals surface area contributed by atoms with E-state index in [9.17, 15) is 19.2 Å². The number of hydrazone groups is 1. The summed E-state index contributed by atoms with van der Waals surface area (Å²) in [6, 6.07) is 5.58. The molecular formula is C19H21N3O6. The molecule has 9 nitrogen and oxygen atoms in total. The monoisotopic (exact) mass is 387 g/mol. The van der Waals surface area contributed by atoms with E-state index in [-0.39, 0.29) is 24.5 Å². The van der Waals surface area contributed by atoms with Crippen LogP contribution in [-0.2, 0) is 23.9 Å². The lowest BCUT2D eigenvalue weighted by Gasteiger charge is -2.21. The normalized spacial score (nSPS) is 20.9. The molecule has 0 unspecified atom stereocenters. The standard InChI is InChI=1S/C19H21N3O6/c1-4-28-13-7-5-12(6-8-13)22-17(24)14-15(19(26)27-3)20-21(10-9-11(2)23)16(14)18(22)25/h5-8,14,16H,4,9-10H2,1-3H3/t14-,16-/m0/s1. The second kappa shape index (κ2) is 7.79. The quantitative estimate of drug-likeness (QED) is 0.502. The van der Waals surface area contributed by atoms with Gasteiger partial charge in [-0.1, -0.05) is 0 Å². The molecule has 2 atom stereocenters. The Morgan fingerprint density at radius 1 is 1.14 bits per heavy atom. The smallest absolute Gasteiger partial charge is 0.355 e. The fraction of sp³-hybridized carbons (Fsp3) is 0.421. The molecule has 9 heteroatoms. The van der Waals surface area contributed by atoms with Gasteiger partial charge in [-0.3, -0.25) is 19.4 Å². The van der Waals surface area contributed by atoms with Crippen molar-refractivity contribution in [1.29, 1.82) is 0 Å². The topological polar surface area (TPSA) is 106 Å². The molecule has 1 fully saturated rings. The molecule has 1 saturated heterocycles. The zero-order valence-corrected chi connectivity index (χ0v) is 15.9. The molecule has 3 rings (SSSR count). The molecule has 2 heterocycles. The van der Waals surface area contributed by atoms with Gasteiger partial charge in [-0.2, -0.15) is 5.10 Å². The van der Waals surface area contributed by atoms with E-state index in [1.54, 1.807) is 24.3 Å². The Balaban J connectivity index is 1.93. The van der Waals surface area contributed by atoms with Gasteiger partial charge in [-0.15, -0.1) is 0 Å². The molecule has 0 bridgehead atoms. The lowest BCUT2D eigenvalue weighted by Crippen LogP contribution is -2.39. The fourth-order valence-electron chi connectivity index (χ4n) is 3.33. The minimum atomic E-state index is -1.06. The molecule has 28 heavy (non-hydrogen) atoms. The van der Waals surface area contributed by atoms with Gasteiger partial charge < -0.3 is 9.47 Å². The van der Waals surface area contributed by atoms with Gasteiger partial charge in [0.2, 0.25) is 5.91 Å². The number of carbonyl (C=O) groups is 4. The van der Waals surface area contributed by atoms with Gasteiger partial charge in [-0.05, 0) is 38.1 Å². The zero-order valence-electron chi connectivity index (χ0n) is 15.9. The van der Waals surface area contributed by atoms with Crippen LogP contribution in [0.3, 0.4) is 0 Å². The molecule has 2 aliphatic rings. The maximum absolute atomic E-state index is 13.0. The highest BCUT2D eigenvalue weighted by molar-refractivity contribution is 6.46. The van der Waals surface area contributed by atoms with Gasteiger partial charge in [0.05, 0.1) is 19.4 Å². The van der Waals surface area contributed by atoms with E-state index in [0.717, 1.165) is 4.90 Å². The van der Waals surface area contributed by atoms with Crippen LogP contribution in [0, 0.1) is 5.92 Å². The number of fused-ring (bicyclic) bond motifs is 1. The summed E-state index contributed by atoms with van der Waals surface area (Å²) >= 11 is 0. The summed E-state index contributed by atoms with van der Waals surface area (Å²) in [4.78, 5) is 50.5. The predicted octanol–water partition coefficient (Wildman–Crippen LogP) is 0.767. The highest BCUT2D eigenvalue weighted by Gasteiger charge is 2.58. The molecule has 0 N–H and O–H groups in total. The number of hydrogen-bond donors (Lipinski definition) is 0. The number of benzene rings is 1. The molecule has 2 amide bonds. The summed E-state index contributed by atoms with van der Waals surface area (Å²) in [6.45, 7) is 3.90. The molecule has 1 aromatic carbocycles. The number of ketones is 1. The van der Waals surface area contributed by atoms with Crippen molar-refractivity contribution in [2.75, 3.05) is 25.2 Å². The highest BCUT2D eigenvalue weighted by Crippen LogP contribution is 2.36. The minimum absolute atomic E-state index is 0.0848. The van der Waals surface area contributed by atoms with E-state index >= 15 is 0 Å². The van der Waals surface area contributed by atoms with Gasteiger partial charge in [0.15, 0.2) is 5.71 Å². The maximum atomic E-state index is 13.0. The number of anilines is 1. The van der Waals surface area contributed by atoms with Gasteiger partial charge in [0.1, 0.15) is 23.5 Å². The van der Waals surface area contributed by atoms with E-state index in [1.807, 2.05) is 6.92 Å². The van der Waals surface area contributed by atoms with Crippen LogP contribution in [0.1, 0.15) is 20.3 Å². The van der Waals surface area contributed by atoms with Gasteiger partial charge in [0, 0.05) is 13.0 Å². The Bertz CT molecular complexity index is 848. The van der Waals surface area contributed by atoms with E-state index in [2.05, 4.69) is 5.10 Å². The minimum Gasteiger partial charge on any atom is -0.494 e. The van der Waals surface area contributed by atoms with Crippen molar-refractivity contribution < 1.29 is 28.7 Å². The number of carbonyl (C=O) groups excluding carboxylic acids is 4. The third kappa shape index (κ3) is 3.35. The van der Waals surface area contributed by atoms with Crippen LogP contribution in [0.15, 0.2) is 29.4 Å². The van der Waals surface area contributed by atoms with Crippen molar-refractivity contribution >= 4 is 35.0 Å². The summed E-state index contributed by atoms with van der Waals surface area (Å²) < 4.78 is 10.1. The van der Waals surface area contributed by atoms with Crippen LogP contribution in [0.5, 0.6) is 5.75 Å². The molecule has 2 aliphatic heterocycles. The highest BCUT2D eigenvalue weighted by atomic mass is 16.5. The van der Waals surface area contributed by atoms with Crippen molar-refractivity contribution in [3.05, 3.63) is 24.3 Å². The number of imide groups is 1. The maximum Gasteiger partial charge on any atom is 0.355 e. The Labute approximate surface area is 161 Å². The first-order valence-corrected chi connectivity index (χ1v) is 8.92. The number of rotatable bonds is 7. The Hall–Kier alpha value is -3.23. The first-order valence-electron chi connectivity index (χ1n) is 8.92. The average molecular weight is 387 g/mol. The summed E-state index contributed by atoms with van der Waals surface area (Å²) in [5, 5.41) is 5.46. The van der Waals surface area contributed by atoms with Crippen molar-refractivity contribution in [3.8, 4) is 5.75 Å². The van der Waals surface area contributed by atoms with E-state index in [4.69, 9.17) is 9.47 Å². The van der Waals surface area contributed by atoms with E-state index in [0.29, 0.717) is 18.0 Å². The van der Waals surface area contributed by atoms with Crippen molar-refractivity contribution in [3.63, 3.8) is 0 Å². The van der Waals surface area contributed by atoms with E-state index < -0.39 is 29.7 Å². The lowest BCUT2D eigenvalue weighted by molar-refractivity contribution is -0.133. The van der Waals surface area contributed by atoms with Crippen molar-refractivity contribution in [2.45, 2.75) is 26.3 Å². The fourth-order valence-corrected chi connectivity index (χ4v) is 3.33. The largest absolute Gasteiger partial charge is 0.494 e. The Morgan fingerprint density at radius 2 is 1.82 bits per heavy atom. The van der Waals surface area contributed by atoms with Crippen LogP contribution in [0.2, 0.25) is 0 Å². The number of esters is 1. The molecule has 0 aromatic heterocycles. The summed E-state index contributed by atoms with van der Waals surface area (Å²) in [6.07, 6.45) is 0.145. The molecule has 0 radical (unpaired) electrons. The second-order valence-electron chi connectivity index (χ2n) is 6.45. The molecular weight excluding hydrogens is 366 g/mol. The third-order valence-corrected chi connectivity index (χ3v) is 4.62. The van der Waals surface area contributed by atoms with Crippen LogP contribution in [0.4, 0.5) is 5.69 Å². The molecule has 0 saturated carbocycles. The van der Waals surface area contributed by atoms with Gasteiger partial charge in [0.25, 0.3) is 5.91 Å². The number of Topliss-reactive ketones (excluding diaryl/α,β-unsaturated/α-hetero) is 1. The Morgan fingerprint density at radius 3 is 2.39 bits per heavy atom. The zero-order chi connectivity index (χ0) is 20.4. The van der Waals surface area contributed by atoms with E-state index in [1.165, 1.54) is 19.0 Å². The molecule has 148 valence electrons. The molecule has 0 aliphatic carbocycles. The average Bonchev–Trinajstić information content (AvgIpc) is 3.17. The first-order chi connectivity index (χ1) is 13.4. The van der Waals surface area contributed by atoms with Crippen molar-refractivity contribution in [1.82, 2.24) is 5.01 Å². The lowest BCUT2D eigenvalue weighted by atomic mass is 9.98. The summed E-state index contributed by atoms with van der Waals surface area (Å²) in [7, 11) is 1.18. The second-order valence-corrected chi connectivity index (χ2v) is 6.45. The number of amides is 2. The number of methoxy groups -OCH3 is 1. The number of nitrogens with zero attached hydrogens (tertiary/aromatic N) is 3. The van der Waals surface area contributed by atoms with Crippen LogP contribution in [-0.4, -0.2) is 60.6 Å². The predicted molar refractivity (Wildman–Crippen MR) is 98.8 cm³/mol. The third-order valence-electron chi connectivity index (χ3n) is 4.62.